The molecule has 0 aliphatic rings. The molecule has 1 aromatic heterocycles. The highest BCUT2D eigenvalue weighted by molar-refractivity contribution is 5.80. The van der Waals surface area contributed by atoms with Crippen molar-refractivity contribution in [3.63, 3.8) is 0 Å². The monoisotopic (exact) mass is 279 g/mol. The SMILES string of the molecule is Cc1ccccc1Cn1c(C(C)C)nc2cc(N)ccc21. The molecule has 0 saturated carbocycles. The van der Waals surface area contributed by atoms with Gasteiger partial charge in [0.05, 0.1) is 11.0 Å². The van der Waals surface area contributed by atoms with Crippen LogP contribution >= 0.6 is 0 Å². The predicted molar refractivity (Wildman–Crippen MR) is 88.5 cm³/mol. The molecule has 0 amide bonds. The van der Waals surface area contributed by atoms with Gasteiger partial charge in [-0.2, -0.15) is 0 Å². The number of imidazole rings is 1. The van der Waals surface area contributed by atoms with Crippen LogP contribution in [0.2, 0.25) is 0 Å². The Bertz CT molecular complexity index is 784. The van der Waals surface area contributed by atoms with Gasteiger partial charge in [-0.25, -0.2) is 4.98 Å². The van der Waals surface area contributed by atoms with Crippen molar-refractivity contribution in [3.8, 4) is 0 Å². The third-order valence-corrected chi connectivity index (χ3v) is 3.91. The molecule has 108 valence electrons. The number of nitrogens with zero attached hydrogens (tertiary/aromatic N) is 2. The fourth-order valence-electron chi connectivity index (χ4n) is 2.73. The molecule has 21 heavy (non-hydrogen) atoms. The van der Waals surface area contributed by atoms with E-state index in [1.54, 1.807) is 0 Å². The minimum Gasteiger partial charge on any atom is -0.399 e. The lowest BCUT2D eigenvalue weighted by molar-refractivity contribution is 0.682. The van der Waals surface area contributed by atoms with Crippen LogP contribution in [0.25, 0.3) is 11.0 Å². The summed E-state index contributed by atoms with van der Waals surface area (Å²) >= 11 is 0. The predicted octanol–water partition coefficient (Wildman–Crippen LogP) is 4.10. The van der Waals surface area contributed by atoms with Gasteiger partial charge < -0.3 is 10.3 Å². The second-order valence-electron chi connectivity index (χ2n) is 5.89. The summed E-state index contributed by atoms with van der Waals surface area (Å²) in [6.45, 7) is 7.36. The van der Waals surface area contributed by atoms with E-state index < -0.39 is 0 Å². The van der Waals surface area contributed by atoms with E-state index >= 15 is 0 Å². The number of fused-ring (bicyclic) bond motifs is 1. The molecule has 2 aromatic carbocycles. The van der Waals surface area contributed by atoms with Gasteiger partial charge in [0, 0.05) is 18.2 Å². The van der Waals surface area contributed by atoms with Gasteiger partial charge in [0.1, 0.15) is 5.82 Å². The Morgan fingerprint density at radius 2 is 1.90 bits per heavy atom. The number of benzene rings is 2. The highest BCUT2D eigenvalue weighted by atomic mass is 15.1. The number of nitrogens with two attached hydrogens (primary N) is 1. The van der Waals surface area contributed by atoms with Crippen molar-refractivity contribution in [2.24, 2.45) is 0 Å². The molecule has 2 N–H and O–H groups in total. The van der Waals surface area contributed by atoms with Crippen LogP contribution in [0, 0.1) is 6.92 Å². The fraction of sp³-hybridized carbons (Fsp3) is 0.278. The highest BCUT2D eigenvalue weighted by Gasteiger charge is 2.14. The Morgan fingerprint density at radius 1 is 1.14 bits per heavy atom. The van der Waals surface area contributed by atoms with Gasteiger partial charge in [-0.1, -0.05) is 38.1 Å². The molecule has 1 heterocycles. The molecular formula is C18H21N3. The van der Waals surface area contributed by atoms with Crippen molar-refractivity contribution < 1.29 is 0 Å². The Morgan fingerprint density at radius 3 is 2.62 bits per heavy atom. The summed E-state index contributed by atoms with van der Waals surface area (Å²) in [5.74, 6) is 1.49. The van der Waals surface area contributed by atoms with E-state index in [1.165, 1.54) is 11.1 Å². The molecule has 0 bridgehead atoms. The maximum absolute atomic E-state index is 5.89. The van der Waals surface area contributed by atoms with Gasteiger partial charge in [0.25, 0.3) is 0 Å². The molecule has 0 atom stereocenters. The standard InChI is InChI=1S/C18H21N3/c1-12(2)18-20-16-10-15(19)8-9-17(16)21(18)11-14-7-5-4-6-13(14)3/h4-10,12H,11,19H2,1-3H3. The summed E-state index contributed by atoms with van der Waals surface area (Å²) in [6.07, 6.45) is 0. The second-order valence-corrected chi connectivity index (χ2v) is 5.89. The lowest BCUT2D eigenvalue weighted by atomic mass is 10.1. The number of rotatable bonds is 3. The lowest BCUT2D eigenvalue weighted by Crippen LogP contribution is -2.07. The van der Waals surface area contributed by atoms with Gasteiger partial charge in [-0.3, -0.25) is 0 Å². The zero-order valence-corrected chi connectivity index (χ0v) is 12.8. The van der Waals surface area contributed by atoms with E-state index in [4.69, 9.17) is 10.7 Å². The molecule has 3 rings (SSSR count). The third-order valence-electron chi connectivity index (χ3n) is 3.91. The van der Waals surface area contributed by atoms with E-state index in [9.17, 15) is 0 Å². The largest absolute Gasteiger partial charge is 0.399 e. The molecule has 0 radical (unpaired) electrons. The smallest absolute Gasteiger partial charge is 0.112 e. The molecule has 3 aromatic rings. The summed E-state index contributed by atoms with van der Waals surface area (Å²) < 4.78 is 2.31. The van der Waals surface area contributed by atoms with Gasteiger partial charge in [0.15, 0.2) is 0 Å². The number of aryl methyl sites for hydroxylation is 1. The molecule has 3 nitrogen and oxygen atoms in total. The van der Waals surface area contributed by atoms with Gasteiger partial charge in [-0.15, -0.1) is 0 Å². The first-order chi connectivity index (χ1) is 10.1. The lowest BCUT2D eigenvalue weighted by Gasteiger charge is -2.13. The van der Waals surface area contributed by atoms with Crippen LogP contribution in [0.15, 0.2) is 42.5 Å². The van der Waals surface area contributed by atoms with E-state index in [2.05, 4.69) is 55.7 Å². The molecule has 0 aliphatic carbocycles. The third kappa shape index (κ3) is 2.51. The Hall–Kier alpha value is -2.29. The number of nitrogen functional groups attached to an aromatic ring is 1. The van der Waals surface area contributed by atoms with Gasteiger partial charge >= 0.3 is 0 Å². The van der Waals surface area contributed by atoms with Gasteiger partial charge in [0.2, 0.25) is 0 Å². The second kappa shape index (κ2) is 5.24. The first kappa shape index (κ1) is 13.7. The van der Waals surface area contributed by atoms with Crippen molar-refractivity contribution in [1.82, 2.24) is 9.55 Å². The molecular weight excluding hydrogens is 258 g/mol. The minimum atomic E-state index is 0.377. The number of hydrogen-bond donors (Lipinski definition) is 1. The summed E-state index contributed by atoms with van der Waals surface area (Å²) in [4.78, 5) is 4.78. The van der Waals surface area contributed by atoms with Crippen LogP contribution in [-0.2, 0) is 6.54 Å². The van der Waals surface area contributed by atoms with Crippen LogP contribution in [0.3, 0.4) is 0 Å². The average Bonchev–Trinajstić information content (AvgIpc) is 2.79. The van der Waals surface area contributed by atoms with Crippen molar-refractivity contribution in [2.75, 3.05) is 5.73 Å². The summed E-state index contributed by atoms with van der Waals surface area (Å²) in [5.41, 5.74) is 11.4. The van der Waals surface area contributed by atoms with Crippen LogP contribution in [0.5, 0.6) is 0 Å². The van der Waals surface area contributed by atoms with E-state index in [1.807, 2.05) is 12.1 Å². The summed E-state index contributed by atoms with van der Waals surface area (Å²) in [6, 6.07) is 14.5. The van der Waals surface area contributed by atoms with Crippen LogP contribution in [-0.4, -0.2) is 9.55 Å². The molecule has 0 unspecified atom stereocenters. The average molecular weight is 279 g/mol. The molecule has 0 fully saturated rings. The number of anilines is 1. The van der Waals surface area contributed by atoms with Gasteiger partial charge in [-0.05, 0) is 36.2 Å². The maximum atomic E-state index is 5.89. The molecule has 3 heteroatoms. The van der Waals surface area contributed by atoms with Crippen molar-refractivity contribution in [3.05, 3.63) is 59.4 Å². The van der Waals surface area contributed by atoms with Crippen LogP contribution in [0.4, 0.5) is 5.69 Å². The molecule has 0 saturated heterocycles. The van der Waals surface area contributed by atoms with Crippen molar-refractivity contribution >= 4 is 16.7 Å². The van der Waals surface area contributed by atoms with E-state index in [0.29, 0.717) is 5.92 Å². The minimum absolute atomic E-state index is 0.377. The zero-order chi connectivity index (χ0) is 15.0. The van der Waals surface area contributed by atoms with E-state index in [-0.39, 0.29) is 0 Å². The summed E-state index contributed by atoms with van der Waals surface area (Å²) in [7, 11) is 0. The van der Waals surface area contributed by atoms with Crippen molar-refractivity contribution in [1.29, 1.82) is 0 Å². The molecule has 0 aliphatic heterocycles. The number of aromatic nitrogens is 2. The topological polar surface area (TPSA) is 43.8 Å². The first-order valence-corrected chi connectivity index (χ1v) is 7.36. The normalized spacial score (nSPS) is 11.4. The Balaban J connectivity index is 2.16. The fourth-order valence-corrected chi connectivity index (χ4v) is 2.73. The van der Waals surface area contributed by atoms with Crippen LogP contribution in [0.1, 0.15) is 36.7 Å². The first-order valence-electron chi connectivity index (χ1n) is 7.36. The maximum Gasteiger partial charge on any atom is 0.112 e. The number of hydrogen-bond acceptors (Lipinski definition) is 2. The quantitative estimate of drug-likeness (QED) is 0.734. The highest BCUT2D eigenvalue weighted by Crippen LogP contribution is 2.25. The summed E-state index contributed by atoms with van der Waals surface area (Å²) in [5, 5.41) is 0. The Kier molecular flexibility index (Phi) is 3.42. The Labute approximate surface area is 125 Å². The van der Waals surface area contributed by atoms with Crippen molar-refractivity contribution in [2.45, 2.75) is 33.2 Å². The van der Waals surface area contributed by atoms with Crippen LogP contribution < -0.4 is 5.73 Å². The van der Waals surface area contributed by atoms with E-state index in [0.717, 1.165) is 29.1 Å². The molecule has 0 spiro atoms. The zero-order valence-electron chi connectivity index (χ0n) is 12.8.